The Morgan fingerprint density at radius 1 is 1.36 bits per heavy atom. The van der Waals surface area contributed by atoms with Crippen LogP contribution in [-0.4, -0.2) is 33.9 Å². The number of aliphatic hydroxyl groups excluding tert-OH is 1. The van der Waals surface area contributed by atoms with Crippen LogP contribution in [0.3, 0.4) is 0 Å². The molecule has 1 atom stereocenters. The molecule has 1 fully saturated rings. The fourth-order valence-electron chi connectivity index (χ4n) is 3.02. The van der Waals surface area contributed by atoms with Gasteiger partial charge in [0.1, 0.15) is 0 Å². The van der Waals surface area contributed by atoms with Gasteiger partial charge in [0, 0.05) is 11.9 Å². The molecule has 2 aromatic rings. The zero-order chi connectivity index (χ0) is 15.5. The van der Waals surface area contributed by atoms with Gasteiger partial charge in [-0.2, -0.15) is 5.10 Å². The van der Waals surface area contributed by atoms with Crippen molar-refractivity contribution in [2.24, 2.45) is 5.92 Å². The first kappa shape index (κ1) is 14.7. The number of carbonyl (C=O) groups is 1. The van der Waals surface area contributed by atoms with Crippen molar-refractivity contribution in [3.05, 3.63) is 40.2 Å². The van der Waals surface area contributed by atoms with Gasteiger partial charge in [0.25, 0.3) is 5.91 Å². The number of benzene rings is 1. The maximum atomic E-state index is 12.3. The molecule has 1 aliphatic rings. The topological polar surface area (TPSA) is 95.1 Å². The van der Waals surface area contributed by atoms with E-state index in [1.165, 1.54) is 0 Å². The first-order valence-electron chi connectivity index (χ1n) is 7.60. The summed E-state index contributed by atoms with van der Waals surface area (Å²) in [4.78, 5) is 24.4. The van der Waals surface area contributed by atoms with Crippen molar-refractivity contribution in [2.45, 2.75) is 31.8 Å². The summed E-state index contributed by atoms with van der Waals surface area (Å²) in [5.74, 6) is -0.313. The van der Waals surface area contributed by atoms with Gasteiger partial charge in [0.05, 0.1) is 11.6 Å². The van der Waals surface area contributed by atoms with E-state index in [-0.39, 0.29) is 18.2 Å². The van der Waals surface area contributed by atoms with Gasteiger partial charge in [-0.05, 0) is 30.9 Å². The molecule has 22 heavy (non-hydrogen) atoms. The molecule has 0 radical (unpaired) electrons. The van der Waals surface area contributed by atoms with Crippen LogP contribution in [0.1, 0.15) is 36.2 Å². The molecule has 6 heteroatoms. The van der Waals surface area contributed by atoms with E-state index >= 15 is 0 Å². The van der Waals surface area contributed by atoms with Crippen LogP contribution < -0.4 is 10.7 Å². The summed E-state index contributed by atoms with van der Waals surface area (Å²) in [5, 5.41) is 19.7. The normalized spacial score (nSPS) is 16.8. The minimum Gasteiger partial charge on any atom is -0.391 e. The van der Waals surface area contributed by atoms with Gasteiger partial charge >= 0.3 is 0 Å². The van der Waals surface area contributed by atoms with E-state index in [9.17, 15) is 14.7 Å². The maximum Gasteiger partial charge on any atom is 0.275 e. The van der Waals surface area contributed by atoms with E-state index in [4.69, 9.17) is 0 Å². The molecule has 0 saturated heterocycles. The van der Waals surface area contributed by atoms with Gasteiger partial charge in [-0.3, -0.25) is 14.7 Å². The molecular formula is C16H19N3O3. The molecule has 1 aromatic heterocycles. The summed E-state index contributed by atoms with van der Waals surface area (Å²) >= 11 is 0. The SMILES string of the molecule is O=C(NCC(O)C1CCCC1)c1n[nH]c2ccccc2c1=O. The van der Waals surface area contributed by atoms with Gasteiger partial charge in [-0.25, -0.2) is 0 Å². The number of aromatic amines is 1. The van der Waals surface area contributed by atoms with Crippen LogP contribution >= 0.6 is 0 Å². The zero-order valence-electron chi connectivity index (χ0n) is 12.2. The summed E-state index contributed by atoms with van der Waals surface area (Å²) in [6.07, 6.45) is 3.67. The van der Waals surface area contributed by atoms with E-state index < -0.39 is 17.4 Å². The number of rotatable bonds is 4. The number of nitrogens with zero attached hydrogens (tertiary/aromatic N) is 1. The number of nitrogens with one attached hydrogen (secondary N) is 2. The van der Waals surface area contributed by atoms with E-state index in [1.807, 2.05) is 0 Å². The highest BCUT2D eigenvalue weighted by Crippen LogP contribution is 2.27. The number of hydrogen-bond acceptors (Lipinski definition) is 4. The Morgan fingerprint density at radius 2 is 2.09 bits per heavy atom. The number of amides is 1. The summed E-state index contributed by atoms with van der Waals surface area (Å²) < 4.78 is 0. The standard InChI is InChI=1S/C16H19N3O3/c20-13(10-5-1-2-6-10)9-17-16(22)14-15(21)11-7-3-4-8-12(11)18-19-14/h3-4,7-8,10,13,20H,1-2,5-6,9H2,(H,17,22)(H,18,21). The molecule has 3 rings (SSSR count). The molecule has 116 valence electrons. The molecule has 1 aliphatic carbocycles. The van der Waals surface area contributed by atoms with Gasteiger partial charge in [0.15, 0.2) is 5.69 Å². The molecule has 1 unspecified atom stereocenters. The number of aliphatic hydroxyl groups is 1. The van der Waals surface area contributed by atoms with Crippen molar-refractivity contribution in [3.8, 4) is 0 Å². The molecule has 0 spiro atoms. The predicted molar refractivity (Wildman–Crippen MR) is 82.7 cm³/mol. The van der Waals surface area contributed by atoms with Crippen molar-refractivity contribution < 1.29 is 9.90 Å². The Bertz CT molecular complexity index is 735. The zero-order valence-corrected chi connectivity index (χ0v) is 12.2. The Morgan fingerprint density at radius 3 is 2.86 bits per heavy atom. The van der Waals surface area contributed by atoms with Crippen molar-refractivity contribution >= 4 is 16.8 Å². The number of hydrogen-bond donors (Lipinski definition) is 3. The predicted octanol–water partition coefficient (Wildman–Crippen LogP) is 1.20. The molecule has 1 heterocycles. The molecule has 1 aromatic carbocycles. The van der Waals surface area contributed by atoms with E-state index in [1.54, 1.807) is 24.3 Å². The Labute approximate surface area is 127 Å². The first-order valence-corrected chi connectivity index (χ1v) is 7.60. The quantitative estimate of drug-likeness (QED) is 0.791. The average Bonchev–Trinajstić information content (AvgIpc) is 3.07. The summed E-state index contributed by atoms with van der Waals surface area (Å²) in [6, 6.07) is 6.91. The molecule has 1 amide bonds. The van der Waals surface area contributed by atoms with Gasteiger partial charge in [-0.1, -0.05) is 25.0 Å². The largest absolute Gasteiger partial charge is 0.391 e. The highest BCUT2D eigenvalue weighted by molar-refractivity contribution is 5.95. The van der Waals surface area contributed by atoms with Crippen LogP contribution in [0.4, 0.5) is 0 Å². The lowest BCUT2D eigenvalue weighted by Crippen LogP contribution is -2.38. The van der Waals surface area contributed by atoms with Gasteiger partial charge < -0.3 is 10.4 Å². The van der Waals surface area contributed by atoms with Crippen LogP contribution in [0.15, 0.2) is 29.1 Å². The third-order valence-corrected chi connectivity index (χ3v) is 4.31. The van der Waals surface area contributed by atoms with Crippen LogP contribution in [0.25, 0.3) is 10.9 Å². The first-order chi connectivity index (χ1) is 10.7. The van der Waals surface area contributed by atoms with E-state index in [0.29, 0.717) is 10.9 Å². The lowest BCUT2D eigenvalue weighted by molar-refractivity contribution is 0.0835. The average molecular weight is 301 g/mol. The highest BCUT2D eigenvalue weighted by atomic mass is 16.3. The molecular weight excluding hydrogens is 282 g/mol. The lowest BCUT2D eigenvalue weighted by atomic mass is 10.0. The molecule has 0 aliphatic heterocycles. The van der Waals surface area contributed by atoms with E-state index in [0.717, 1.165) is 25.7 Å². The highest BCUT2D eigenvalue weighted by Gasteiger charge is 2.24. The summed E-state index contributed by atoms with van der Waals surface area (Å²) in [7, 11) is 0. The molecule has 0 bridgehead atoms. The fourth-order valence-corrected chi connectivity index (χ4v) is 3.02. The van der Waals surface area contributed by atoms with Crippen LogP contribution in [0, 0.1) is 5.92 Å². The van der Waals surface area contributed by atoms with Crippen LogP contribution in [0.5, 0.6) is 0 Å². The fraction of sp³-hybridized carbons (Fsp3) is 0.438. The molecule has 6 nitrogen and oxygen atoms in total. The van der Waals surface area contributed by atoms with Crippen molar-refractivity contribution in [2.75, 3.05) is 6.54 Å². The van der Waals surface area contributed by atoms with Crippen molar-refractivity contribution in [3.63, 3.8) is 0 Å². The summed E-state index contributed by atoms with van der Waals surface area (Å²) in [6.45, 7) is 0.150. The smallest absolute Gasteiger partial charge is 0.275 e. The number of aromatic nitrogens is 2. The minimum atomic E-state index is -0.564. The monoisotopic (exact) mass is 301 g/mol. The second-order valence-electron chi connectivity index (χ2n) is 5.77. The third kappa shape index (κ3) is 2.87. The Kier molecular flexibility index (Phi) is 4.20. The Balaban J connectivity index is 1.72. The second kappa shape index (κ2) is 6.27. The van der Waals surface area contributed by atoms with Crippen molar-refractivity contribution in [1.82, 2.24) is 15.5 Å². The molecule has 3 N–H and O–H groups in total. The number of H-pyrrole nitrogens is 1. The summed E-state index contributed by atoms with van der Waals surface area (Å²) in [5.41, 5.74) is 0.0227. The number of para-hydroxylation sites is 1. The third-order valence-electron chi connectivity index (χ3n) is 4.31. The second-order valence-corrected chi connectivity index (χ2v) is 5.77. The van der Waals surface area contributed by atoms with Crippen LogP contribution in [0.2, 0.25) is 0 Å². The number of carbonyl (C=O) groups excluding carboxylic acids is 1. The van der Waals surface area contributed by atoms with Gasteiger partial charge in [0.2, 0.25) is 5.43 Å². The molecule has 1 saturated carbocycles. The van der Waals surface area contributed by atoms with E-state index in [2.05, 4.69) is 15.5 Å². The number of fused-ring (bicyclic) bond motifs is 1. The van der Waals surface area contributed by atoms with Crippen molar-refractivity contribution in [1.29, 1.82) is 0 Å². The Hall–Kier alpha value is -2.21. The minimum absolute atomic E-state index is 0.150. The van der Waals surface area contributed by atoms with Crippen LogP contribution in [-0.2, 0) is 0 Å². The maximum absolute atomic E-state index is 12.3. The lowest BCUT2D eigenvalue weighted by Gasteiger charge is -2.17. The van der Waals surface area contributed by atoms with Gasteiger partial charge in [-0.15, -0.1) is 0 Å².